The molecule has 1 aromatic heterocycles. The molecule has 0 aromatic carbocycles. The molecule has 1 N–H and O–H groups in total. The van der Waals surface area contributed by atoms with Gasteiger partial charge in [0.05, 0.1) is 5.69 Å². The molecule has 0 bridgehead atoms. The lowest BCUT2D eigenvalue weighted by Crippen LogP contribution is -2.35. The normalized spacial score (nSPS) is 18.2. The van der Waals surface area contributed by atoms with Gasteiger partial charge in [0.15, 0.2) is 0 Å². The quantitative estimate of drug-likeness (QED) is 0.853. The maximum absolute atomic E-state index is 5.93. The molecule has 0 saturated carbocycles. The van der Waals surface area contributed by atoms with Gasteiger partial charge in [0.25, 0.3) is 0 Å². The Balaban J connectivity index is 1.91. The van der Waals surface area contributed by atoms with Gasteiger partial charge in [-0.25, -0.2) is 4.98 Å². The zero-order valence-corrected chi connectivity index (χ0v) is 10.6. The van der Waals surface area contributed by atoms with Crippen molar-refractivity contribution in [3.8, 4) is 5.88 Å². The second-order valence-corrected chi connectivity index (χ2v) is 4.62. The van der Waals surface area contributed by atoms with Crippen LogP contribution in [0.5, 0.6) is 5.88 Å². The Morgan fingerprint density at radius 3 is 2.88 bits per heavy atom. The SMILES string of the molecule is CNCc1cccc(OC2CCN(C)CC2)n1. The smallest absolute Gasteiger partial charge is 0.213 e. The summed E-state index contributed by atoms with van der Waals surface area (Å²) >= 11 is 0. The number of aromatic nitrogens is 1. The first kappa shape index (κ1) is 12.3. The molecule has 0 spiro atoms. The van der Waals surface area contributed by atoms with E-state index in [1.54, 1.807) is 0 Å². The first-order valence-electron chi connectivity index (χ1n) is 6.23. The number of piperidine rings is 1. The van der Waals surface area contributed by atoms with Gasteiger partial charge in [0.1, 0.15) is 6.10 Å². The lowest BCUT2D eigenvalue weighted by Gasteiger charge is -2.28. The largest absolute Gasteiger partial charge is 0.474 e. The fourth-order valence-electron chi connectivity index (χ4n) is 2.08. The highest BCUT2D eigenvalue weighted by Crippen LogP contribution is 2.16. The Labute approximate surface area is 103 Å². The third-order valence-electron chi connectivity index (χ3n) is 3.09. The van der Waals surface area contributed by atoms with Crippen LogP contribution in [0.15, 0.2) is 18.2 Å². The summed E-state index contributed by atoms with van der Waals surface area (Å²) in [5.74, 6) is 0.757. The molecule has 94 valence electrons. The van der Waals surface area contributed by atoms with Crippen molar-refractivity contribution in [2.45, 2.75) is 25.5 Å². The van der Waals surface area contributed by atoms with E-state index in [0.29, 0.717) is 6.10 Å². The van der Waals surface area contributed by atoms with Gasteiger partial charge in [-0.15, -0.1) is 0 Å². The molecule has 0 atom stereocenters. The number of likely N-dealkylation sites (tertiary alicyclic amines) is 1. The highest BCUT2D eigenvalue weighted by atomic mass is 16.5. The summed E-state index contributed by atoms with van der Waals surface area (Å²) in [5, 5.41) is 3.10. The number of nitrogens with one attached hydrogen (secondary N) is 1. The van der Waals surface area contributed by atoms with Gasteiger partial charge in [-0.3, -0.25) is 0 Å². The Kier molecular flexibility index (Phi) is 4.34. The molecule has 0 unspecified atom stereocenters. The number of nitrogens with zero attached hydrogens (tertiary/aromatic N) is 2. The molecule has 1 aliphatic rings. The van der Waals surface area contributed by atoms with Crippen LogP contribution < -0.4 is 10.1 Å². The van der Waals surface area contributed by atoms with Crippen LogP contribution in [0.25, 0.3) is 0 Å². The topological polar surface area (TPSA) is 37.4 Å². The summed E-state index contributed by atoms with van der Waals surface area (Å²) in [6.45, 7) is 3.01. The number of rotatable bonds is 4. The molecule has 1 saturated heterocycles. The fourth-order valence-corrected chi connectivity index (χ4v) is 2.08. The first-order chi connectivity index (χ1) is 8.28. The van der Waals surface area contributed by atoms with Crippen LogP contribution in [0.2, 0.25) is 0 Å². The highest BCUT2D eigenvalue weighted by molar-refractivity contribution is 5.16. The number of hydrogen-bond donors (Lipinski definition) is 1. The average molecular weight is 235 g/mol. The van der Waals surface area contributed by atoms with Crippen molar-refractivity contribution < 1.29 is 4.74 Å². The Bertz CT molecular complexity index is 348. The van der Waals surface area contributed by atoms with E-state index in [0.717, 1.165) is 44.0 Å². The van der Waals surface area contributed by atoms with Gasteiger partial charge >= 0.3 is 0 Å². The molecule has 1 aliphatic heterocycles. The minimum absolute atomic E-state index is 0.323. The Morgan fingerprint density at radius 2 is 2.18 bits per heavy atom. The number of ether oxygens (including phenoxy) is 1. The zero-order chi connectivity index (χ0) is 12.1. The van der Waals surface area contributed by atoms with Crippen molar-refractivity contribution in [1.82, 2.24) is 15.2 Å². The average Bonchev–Trinajstić information content (AvgIpc) is 2.33. The summed E-state index contributed by atoms with van der Waals surface area (Å²) in [4.78, 5) is 6.82. The van der Waals surface area contributed by atoms with E-state index in [9.17, 15) is 0 Å². The predicted molar refractivity (Wildman–Crippen MR) is 68.1 cm³/mol. The van der Waals surface area contributed by atoms with Crippen LogP contribution in [-0.4, -0.2) is 43.2 Å². The maximum atomic E-state index is 5.93. The molecule has 4 nitrogen and oxygen atoms in total. The third-order valence-corrected chi connectivity index (χ3v) is 3.09. The number of hydrogen-bond acceptors (Lipinski definition) is 4. The molecule has 1 fully saturated rings. The molecule has 17 heavy (non-hydrogen) atoms. The highest BCUT2D eigenvalue weighted by Gasteiger charge is 2.18. The first-order valence-corrected chi connectivity index (χ1v) is 6.23. The van der Waals surface area contributed by atoms with Crippen LogP contribution in [0.3, 0.4) is 0 Å². The van der Waals surface area contributed by atoms with Gasteiger partial charge in [-0.2, -0.15) is 0 Å². The Morgan fingerprint density at radius 1 is 1.41 bits per heavy atom. The second kappa shape index (κ2) is 5.98. The molecule has 2 heterocycles. The summed E-state index contributed by atoms with van der Waals surface area (Å²) in [6, 6.07) is 5.96. The van der Waals surface area contributed by atoms with Crippen LogP contribution in [-0.2, 0) is 6.54 Å². The van der Waals surface area contributed by atoms with Gasteiger partial charge < -0.3 is 15.0 Å². The zero-order valence-electron chi connectivity index (χ0n) is 10.6. The minimum atomic E-state index is 0.323. The van der Waals surface area contributed by atoms with Crippen LogP contribution in [0.1, 0.15) is 18.5 Å². The Hall–Kier alpha value is -1.13. The van der Waals surface area contributed by atoms with Crippen molar-refractivity contribution >= 4 is 0 Å². The van der Waals surface area contributed by atoms with Gasteiger partial charge in [-0.1, -0.05) is 6.07 Å². The van der Waals surface area contributed by atoms with Crippen LogP contribution in [0, 0.1) is 0 Å². The summed E-state index contributed by atoms with van der Waals surface area (Å²) in [7, 11) is 4.08. The fraction of sp³-hybridized carbons (Fsp3) is 0.615. The summed E-state index contributed by atoms with van der Waals surface area (Å²) < 4.78 is 5.93. The van der Waals surface area contributed by atoms with Gasteiger partial charge in [0.2, 0.25) is 5.88 Å². The van der Waals surface area contributed by atoms with Crippen molar-refractivity contribution in [3.63, 3.8) is 0 Å². The van der Waals surface area contributed by atoms with Crippen molar-refractivity contribution in [3.05, 3.63) is 23.9 Å². The van der Waals surface area contributed by atoms with E-state index in [-0.39, 0.29) is 0 Å². The van der Waals surface area contributed by atoms with Crippen molar-refractivity contribution in [2.75, 3.05) is 27.2 Å². The van der Waals surface area contributed by atoms with E-state index in [1.165, 1.54) is 0 Å². The van der Waals surface area contributed by atoms with E-state index >= 15 is 0 Å². The van der Waals surface area contributed by atoms with E-state index < -0.39 is 0 Å². The van der Waals surface area contributed by atoms with Gasteiger partial charge in [0, 0.05) is 25.7 Å². The standard InChI is InChI=1S/C13H21N3O/c1-14-10-11-4-3-5-13(15-11)17-12-6-8-16(2)9-7-12/h3-5,12,14H,6-10H2,1-2H3. The molecule has 4 heteroatoms. The lowest BCUT2D eigenvalue weighted by atomic mass is 10.1. The lowest BCUT2D eigenvalue weighted by molar-refractivity contribution is 0.110. The van der Waals surface area contributed by atoms with E-state index in [4.69, 9.17) is 4.74 Å². The van der Waals surface area contributed by atoms with Crippen LogP contribution in [0.4, 0.5) is 0 Å². The monoisotopic (exact) mass is 235 g/mol. The van der Waals surface area contributed by atoms with E-state index in [2.05, 4.69) is 22.2 Å². The molecular weight excluding hydrogens is 214 g/mol. The molecule has 0 amide bonds. The summed E-state index contributed by atoms with van der Waals surface area (Å²) in [5.41, 5.74) is 1.03. The minimum Gasteiger partial charge on any atom is -0.474 e. The van der Waals surface area contributed by atoms with Gasteiger partial charge in [-0.05, 0) is 33.0 Å². The molecule has 0 aliphatic carbocycles. The van der Waals surface area contributed by atoms with Crippen LogP contribution >= 0.6 is 0 Å². The van der Waals surface area contributed by atoms with Crippen molar-refractivity contribution in [2.24, 2.45) is 0 Å². The molecule has 0 radical (unpaired) electrons. The molecular formula is C13H21N3O. The maximum Gasteiger partial charge on any atom is 0.213 e. The van der Waals surface area contributed by atoms with E-state index in [1.807, 2.05) is 25.2 Å². The molecule has 2 rings (SSSR count). The number of pyridine rings is 1. The third kappa shape index (κ3) is 3.68. The second-order valence-electron chi connectivity index (χ2n) is 4.62. The summed E-state index contributed by atoms with van der Waals surface area (Å²) in [6.07, 6.45) is 2.51. The molecule has 1 aromatic rings. The predicted octanol–water partition coefficient (Wildman–Crippen LogP) is 1.27. The van der Waals surface area contributed by atoms with Crippen molar-refractivity contribution in [1.29, 1.82) is 0 Å².